The second-order valence-electron chi connectivity index (χ2n) is 10.6. The first-order valence-electron chi connectivity index (χ1n) is 16.9. The number of carbonyl (C=O) groups is 1. The normalized spacial score (nSPS) is 9.27. The molecule has 3 radical (unpaired) electrons. The number of methoxy groups -OCH3 is 1. The van der Waals surface area contributed by atoms with Gasteiger partial charge in [-0.05, 0) is 77.9 Å². The van der Waals surface area contributed by atoms with Gasteiger partial charge in [0.15, 0.2) is 0 Å². The number of aliphatic hydroxyl groups excluding tert-OH is 1. The van der Waals surface area contributed by atoms with Crippen LogP contribution in [0.2, 0.25) is 0 Å². The fraction of sp³-hybridized carbons (Fsp3) is 0.615. The Kier molecular flexibility index (Phi) is 44.9. The van der Waals surface area contributed by atoms with Gasteiger partial charge in [-0.2, -0.15) is 0 Å². The van der Waals surface area contributed by atoms with Crippen LogP contribution in [0, 0.1) is 9.40 Å². The number of benzene rings is 2. The Balaban J connectivity index is -0.000000240. The minimum atomic E-state index is 0.218. The van der Waals surface area contributed by atoms with Crippen LogP contribution in [0.25, 0.3) is 0 Å². The van der Waals surface area contributed by atoms with Crippen molar-refractivity contribution >= 4 is 31.6 Å². The summed E-state index contributed by atoms with van der Waals surface area (Å²) in [6.45, 7) is 17.7. The van der Waals surface area contributed by atoms with Gasteiger partial charge in [-0.1, -0.05) is 79.9 Å². The number of ether oxygens (including phenoxy) is 1. The molecule has 6 heteroatoms. The maximum absolute atomic E-state index is 10.0. The van der Waals surface area contributed by atoms with Crippen molar-refractivity contribution in [1.82, 2.24) is 9.80 Å². The molecule has 5 nitrogen and oxygen atoms in total. The molecule has 0 aromatic heterocycles. The number of Topliss-reactive ketones (excluding diaryl/α,β-unsaturated/α-hetero) is 1. The van der Waals surface area contributed by atoms with E-state index in [2.05, 4.69) is 54.1 Å². The molecule has 2 aromatic rings. The van der Waals surface area contributed by atoms with Gasteiger partial charge in [0.2, 0.25) is 0 Å². The number of hydrogen-bond acceptors (Lipinski definition) is 5. The molecular weight excluding hydrogens is 752 g/mol. The van der Waals surface area contributed by atoms with Crippen molar-refractivity contribution in [3.05, 3.63) is 65.7 Å². The zero-order valence-corrected chi connectivity index (χ0v) is 35.1. The van der Waals surface area contributed by atoms with Gasteiger partial charge in [-0.3, -0.25) is 4.90 Å². The number of carbonyl (C=O) groups excluding carboxylic acids is 1. The predicted molar refractivity (Wildman–Crippen MR) is 200 cm³/mol. The van der Waals surface area contributed by atoms with E-state index < -0.39 is 0 Å². The third-order valence-electron chi connectivity index (χ3n) is 5.97. The number of rotatable bonds is 13. The first-order chi connectivity index (χ1) is 21.6. The molecule has 0 aliphatic carbocycles. The topological polar surface area (TPSA) is 53.0 Å². The Labute approximate surface area is 296 Å². The zero-order valence-electron chi connectivity index (χ0n) is 31.2. The van der Waals surface area contributed by atoms with Crippen molar-refractivity contribution in [2.45, 2.75) is 119 Å². The van der Waals surface area contributed by atoms with Gasteiger partial charge in [0.05, 0.1) is 13.8 Å². The second-order valence-corrected chi connectivity index (χ2v) is 11.6. The number of nitrogens with zero attached hydrogens (tertiary/aromatic N) is 2. The van der Waals surface area contributed by atoms with E-state index in [1.165, 1.54) is 31.2 Å². The van der Waals surface area contributed by atoms with Gasteiger partial charge in [-0.25, -0.2) is 0 Å². The van der Waals surface area contributed by atoms with E-state index in [0.29, 0.717) is 6.04 Å². The SMILES string of the molecule is CC.CCCC(C)=O.CCCCCN(CO)C(CC)CC.CCCc1ccc(OC)cc1.CN(C)C.[Pb][C]#Cc1ccccc1. The summed E-state index contributed by atoms with van der Waals surface area (Å²) in [6.07, 6.45) is 10.1. The Morgan fingerprint density at radius 3 is 1.73 bits per heavy atom. The molecule has 0 heterocycles. The Morgan fingerprint density at radius 2 is 1.40 bits per heavy atom. The monoisotopic (exact) mass is 822 g/mol. The van der Waals surface area contributed by atoms with Crippen molar-refractivity contribution in [1.29, 1.82) is 0 Å². The van der Waals surface area contributed by atoms with Gasteiger partial charge in [0.1, 0.15) is 11.5 Å². The molecule has 0 aliphatic rings. The summed E-state index contributed by atoms with van der Waals surface area (Å²) < 4.78 is 8.02. The molecule has 0 spiro atoms. The first kappa shape index (κ1) is 50.1. The van der Waals surface area contributed by atoms with Crippen LogP contribution in [0.1, 0.15) is 118 Å². The second kappa shape index (κ2) is 40.3. The third kappa shape index (κ3) is 38.4. The molecule has 0 bridgehead atoms. The molecule has 45 heavy (non-hydrogen) atoms. The molecular formula is C39H69N2O3Pb. The average Bonchev–Trinajstić information content (AvgIpc) is 3.04. The van der Waals surface area contributed by atoms with E-state index in [1.54, 1.807) is 14.0 Å². The standard InChI is InChI=1S/C11H25NO.C10H14O.C8H5.C5H10O.C3H9N.C2H6.Pb/c1-4-7-8-9-12(10-13)11(5-2)6-3;1-3-4-9-5-7-10(11-2)8-6-9;1-2-8-6-4-3-5-7-8;1-3-4-5(2)6;1-4(2)3;1-2;/h11,13H,4-10H2,1-3H3;5-8H,3-4H2,1-2H3;3-7H;3-4H2,1-2H3;1-3H3;1-2H3;. The van der Waals surface area contributed by atoms with E-state index in [0.717, 1.165) is 75.7 Å². The molecule has 0 atom stereocenters. The fourth-order valence-electron chi connectivity index (χ4n) is 3.77. The van der Waals surface area contributed by atoms with Crippen molar-refractivity contribution in [3.63, 3.8) is 0 Å². The fourth-order valence-corrected chi connectivity index (χ4v) is 4.33. The molecule has 257 valence electrons. The van der Waals surface area contributed by atoms with Gasteiger partial charge >= 0.3 is 71.1 Å². The van der Waals surface area contributed by atoms with E-state index in [4.69, 9.17) is 4.74 Å². The van der Waals surface area contributed by atoms with Crippen molar-refractivity contribution in [2.24, 2.45) is 0 Å². The summed E-state index contributed by atoms with van der Waals surface area (Å²) in [5.74, 6) is 4.24. The van der Waals surface area contributed by atoms with Crippen molar-refractivity contribution < 1.29 is 14.6 Å². The summed E-state index contributed by atoms with van der Waals surface area (Å²) in [5, 5.41) is 9.18. The third-order valence-corrected chi connectivity index (χ3v) is 6.46. The molecule has 0 saturated carbocycles. The van der Waals surface area contributed by atoms with Crippen LogP contribution < -0.4 is 4.74 Å². The molecule has 2 rings (SSSR count). The van der Waals surface area contributed by atoms with E-state index in [9.17, 15) is 9.90 Å². The van der Waals surface area contributed by atoms with Gasteiger partial charge < -0.3 is 19.5 Å². The van der Waals surface area contributed by atoms with Crippen molar-refractivity contribution in [3.8, 4) is 15.1 Å². The van der Waals surface area contributed by atoms with E-state index >= 15 is 0 Å². The Hall–Kier alpha value is -1.73. The van der Waals surface area contributed by atoms with Crippen LogP contribution in [-0.2, 0) is 11.2 Å². The molecule has 0 amide bonds. The van der Waals surface area contributed by atoms with Crippen LogP contribution >= 0.6 is 0 Å². The van der Waals surface area contributed by atoms with E-state index in [1.807, 2.05) is 89.3 Å². The van der Waals surface area contributed by atoms with Gasteiger partial charge in [0.25, 0.3) is 0 Å². The molecule has 1 N–H and O–H groups in total. The Morgan fingerprint density at radius 1 is 0.867 bits per heavy atom. The molecule has 0 aliphatic heterocycles. The average molecular weight is 821 g/mol. The predicted octanol–water partition coefficient (Wildman–Crippen LogP) is 9.01. The Bertz CT molecular complexity index is 903. The zero-order chi connectivity index (χ0) is 35.3. The summed E-state index contributed by atoms with van der Waals surface area (Å²) >= 11 is 0.963. The van der Waals surface area contributed by atoms with Gasteiger partial charge in [-0.15, -0.1) is 0 Å². The quantitative estimate of drug-likeness (QED) is 0.0947. The number of unbranched alkanes of at least 4 members (excludes halogenated alkanes) is 2. The summed E-state index contributed by atoms with van der Waals surface area (Å²) in [7, 11) is 7.69. The summed E-state index contributed by atoms with van der Waals surface area (Å²) in [4.78, 5) is 14.2. The molecule has 0 unspecified atom stereocenters. The molecule has 2 aromatic carbocycles. The molecule has 0 fully saturated rings. The van der Waals surface area contributed by atoms with Crippen LogP contribution in [0.5, 0.6) is 5.75 Å². The van der Waals surface area contributed by atoms with Crippen LogP contribution in [0.3, 0.4) is 0 Å². The van der Waals surface area contributed by atoms with Crippen LogP contribution in [0.4, 0.5) is 0 Å². The molecule has 0 saturated heterocycles. The minimum absolute atomic E-state index is 0.218. The van der Waals surface area contributed by atoms with Crippen molar-refractivity contribution in [2.75, 3.05) is 41.5 Å². The maximum atomic E-state index is 10.0. The number of hydrogen-bond donors (Lipinski definition) is 1. The van der Waals surface area contributed by atoms with Gasteiger partial charge in [0, 0.05) is 19.0 Å². The number of ketones is 1. The van der Waals surface area contributed by atoms with Crippen LogP contribution in [0.15, 0.2) is 54.6 Å². The summed E-state index contributed by atoms with van der Waals surface area (Å²) in [6, 6.07) is 18.8. The first-order valence-corrected chi connectivity index (χ1v) is 18.8. The van der Waals surface area contributed by atoms with E-state index in [-0.39, 0.29) is 12.5 Å². The summed E-state index contributed by atoms with van der Waals surface area (Å²) in [5.41, 5.74) is 2.50. The number of aliphatic hydroxyl groups is 1. The number of aryl methyl sites for hydroxylation is 1. The van der Waals surface area contributed by atoms with Crippen LogP contribution in [-0.4, -0.2) is 94.0 Å².